The van der Waals surface area contributed by atoms with Crippen molar-refractivity contribution in [2.45, 2.75) is 91.9 Å². The number of amides is 1. The lowest BCUT2D eigenvalue weighted by Gasteiger charge is -2.32. The zero-order chi connectivity index (χ0) is 29.8. The smallest absolute Gasteiger partial charge is 0.407 e. The lowest BCUT2D eigenvalue weighted by Crippen LogP contribution is -2.48. The van der Waals surface area contributed by atoms with Gasteiger partial charge in [0.2, 0.25) is 0 Å². The van der Waals surface area contributed by atoms with Gasteiger partial charge in [-0.3, -0.25) is 4.79 Å². The van der Waals surface area contributed by atoms with Crippen LogP contribution in [0.25, 0.3) is 0 Å². The Balaban J connectivity index is 3.18. The van der Waals surface area contributed by atoms with Crippen LogP contribution in [-0.4, -0.2) is 67.5 Å². The molecule has 0 aliphatic rings. The molecule has 1 unspecified atom stereocenters. The molecule has 0 saturated carbocycles. The van der Waals surface area contributed by atoms with Gasteiger partial charge in [0.15, 0.2) is 11.5 Å². The largest absolute Gasteiger partial charge is 0.493 e. The van der Waals surface area contributed by atoms with Crippen molar-refractivity contribution in [1.29, 1.82) is 0 Å². The molecule has 0 heterocycles. The summed E-state index contributed by atoms with van der Waals surface area (Å²) in [4.78, 5) is 24.5. The highest BCUT2D eigenvalue weighted by Crippen LogP contribution is 2.32. The summed E-state index contributed by atoms with van der Waals surface area (Å²) in [5.41, 5.74) is 0.328. The van der Waals surface area contributed by atoms with Crippen LogP contribution in [0.3, 0.4) is 0 Å². The van der Waals surface area contributed by atoms with E-state index in [1.807, 2.05) is 32.0 Å². The lowest BCUT2D eigenvalue weighted by atomic mass is 9.80. The molecule has 4 atom stereocenters. The van der Waals surface area contributed by atoms with Gasteiger partial charge in [-0.05, 0) is 75.5 Å². The van der Waals surface area contributed by atoms with E-state index in [2.05, 4.69) is 19.2 Å². The van der Waals surface area contributed by atoms with Crippen molar-refractivity contribution in [3.63, 3.8) is 0 Å². The van der Waals surface area contributed by atoms with Gasteiger partial charge in [-0.25, -0.2) is 4.79 Å². The third kappa shape index (κ3) is 12.9. The molecular weight excluding hydrogens is 502 g/mol. The Hall–Kier alpha value is -2.52. The molecule has 0 bridgehead atoms. The van der Waals surface area contributed by atoms with Crippen LogP contribution in [0.5, 0.6) is 11.5 Å². The summed E-state index contributed by atoms with van der Waals surface area (Å²) in [6, 6.07) is 5.15. The number of alkyl carbamates (subject to hydrolysis) is 1. The minimum atomic E-state index is -1.06. The fourth-order valence-corrected chi connectivity index (χ4v) is 4.42. The molecule has 0 saturated heterocycles. The number of benzene rings is 1. The first-order chi connectivity index (χ1) is 18.2. The van der Waals surface area contributed by atoms with E-state index in [9.17, 15) is 19.8 Å². The van der Waals surface area contributed by atoms with E-state index in [4.69, 9.17) is 18.9 Å². The van der Waals surface area contributed by atoms with Gasteiger partial charge in [-0.2, -0.15) is 0 Å². The average Bonchev–Trinajstić information content (AvgIpc) is 2.82. The molecule has 0 aromatic heterocycles. The quantitative estimate of drug-likeness (QED) is 0.222. The first-order valence-electron chi connectivity index (χ1n) is 13.9. The number of hydrogen-bond donors (Lipinski definition) is 3. The maximum absolute atomic E-state index is 12.7. The number of nitrogens with one attached hydrogen (secondary N) is 1. The predicted molar refractivity (Wildman–Crippen MR) is 151 cm³/mol. The van der Waals surface area contributed by atoms with Crippen LogP contribution < -0.4 is 14.8 Å². The molecule has 9 heteroatoms. The number of carbonyl (C=O) groups excluding carboxylic acids is 1. The van der Waals surface area contributed by atoms with Crippen molar-refractivity contribution in [2.24, 2.45) is 23.7 Å². The van der Waals surface area contributed by atoms with E-state index in [1.165, 1.54) is 0 Å². The van der Waals surface area contributed by atoms with Gasteiger partial charge in [0.05, 0.1) is 31.8 Å². The number of aliphatic hydroxyl groups is 1. The summed E-state index contributed by atoms with van der Waals surface area (Å²) in [5, 5.41) is 23.7. The predicted octanol–water partition coefficient (Wildman–Crippen LogP) is 5.32. The van der Waals surface area contributed by atoms with Crippen LogP contribution in [0.1, 0.15) is 73.3 Å². The first-order valence-corrected chi connectivity index (χ1v) is 13.9. The van der Waals surface area contributed by atoms with Gasteiger partial charge in [0.1, 0.15) is 5.60 Å². The fourth-order valence-electron chi connectivity index (χ4n) is 4.42. The molecule has 0 spiro atoms. The average molecular weight is 554 g/mol. The highest BCUT2D eigenvalue weighted by atomic mass is 16.6. The Labute approximate surface area is 234 Å². The molecule has 9 nitrogen and oxygen atoms in total. The third-order valence-electron chi connectivity index (χ3n) is 6.76. The number of ether oxygens (including phenoxy) is 4. The zero-order valence-electron chi connectivity index (χ0n) is 25.3. The van der Waals surface area contributed by atoms with Crippen molar-refractivity contribution in [3.05, 3.63) is 23.8 Å². The van der Waals surface area contributed by atoms with Gasteiger partial charge in [-0.1, -0.05) is 33.8 Å². The zero-order valence-corrected chi connectivity index (χ0v) is 25.3. The highest BCUT2D eigenvalue weighted by molar-refractivity contribution is 5.70. The van der Waals surface area contributed by atoms with Crippen LogP contribution in [0.15, 0.2) is 18.2 Å². The Morgan fingerprint density at radius 2 is 1.64 bits per heavy atom. The second-order valence-electron chi connectivity index (χ2n) is 11.9. The SMILES string of the molecule is COCCCOc1cc(C[C@@H](C[C@H](NC(=O)OC(C)(C)C)C(O)C[C@H](C(=O)O)C(C)C)C(C)C)ccc1OC. The van der Waals surface area contributed by atoms with Crippen LogP contribution >= 0.6 is 0 Å². The summed E-state index contributed by atoms with van der Waals surface area (Å²) in [6.45, 7) is 14.2. The second-order valence-corrected chi connectivity index (χ2v) is 11.9. The van der Waals surface area contributed by atoms with Crippen molar-refractivity contribution in [1.82, 2.24) is 5.32 Å². The van der Waals surface area contributed by atoms with Gasteiger partial charge in [0, 0.05) is 20.1 Å². The minimum absolute atomic E-state index is 0.0281. The van der Waals surface area contributed by atoms with E-state index < -0.39 is 35.7 Å². The van der Waals surface area contributed by atoms with Crippen molar-refractivity contribution in [3.8, 4) is 11.5 Å². The molecule has 0 aliphatic carbocycles. The molecule has 0 radical (unpaired) electrons. The second kappa shape index (κ2) is 16.6. The molecule has 0 fully saturated rings. The van der Waals surface area contributed by atoms with Gasteiger partial charge in [0.25, 0.3) is 0 Å². The number of carboxylic acids is 1. The molecule has 1 aromatic carbocycles. The molecule has 1 amide bonds. The molecule has 3 N–H and O–H groups in total. The number of aliphatic carboxylic acids is 1. The van der Waals surface area contributed by atoms with Gasteiger partial charge >= 0.3 is 12.1 Å². The number of rotatable bonds is 17. The normalized spacial score (nSPS) is 15.0. The molecule has 1 rings (SSSR count). The number of methoxy groups -OCH3 is 2. The topological polar surface area (TPSA) is 124 Å². The number of aliphatic hydroxyl groups excluding tert-OH is 1. The number of carbonyl (C=O) groups is 2. The molecular formula is C30H51NO8. The van der Waals surface area contributed by atoms with E-state index >= 15 is 0 Å². The Morgan fingerprint density at radius 3 is 2.15 bits per heavy atom. The monoisotopic (exact) mass is 553 g/mol. The Bertz CT molecular complexity index is 880. The van der Waals surface area contributed by atoms with E-state index in [0.717, 1.165) is 12.0 Å². The lowest BCUT2D eigenvalue weighted by molar-refractivity contribution is -0.144. The highest BCUT2D eigenvalue weighted by Gasteiger charge is 2.33. The maximum atomic E-state index is 12.7. The third-order valence-corrected chi connectivity index (χ3v) is 6.76. The summed E-state index contributed by atoms with van der Waals surface area (Å²) in [5.74, 6) is -0.285. The van der Waals surface area contributed by atoms with E-state index in [0.29, 0.717) is 37.6 Å². The number of carboxylic acid groups (broad SMARTS) is 1. The molecule has 1 aromatic rings. The Morgan fingerprint density at radius 1 is 0.974 bits per heavy atom. The summed E-state index contributed by atoms with van der Waals surface area (Å²) in [6.07, 6.45) is 0.197. The van der Waals surface area contributed by atoms with Crippen molar-refractivity contribution < 1.29 is 38.7 Å². The summed E-state index contributed by atoms with van der Waals surface area (Å²) >= 11 is 0. The fraction of sp³-hybridized carbons (Fsp3) is 0.733. The molecule has 0 aliphatic heterocycles. The summed E-state index contributed by atoms with van der Waals surface area (Å²) < 4.78 is 22.0. The Kier molecular flexibility index (Phi) is 14.6. The number of hydrogen-bond acceptors (Lipinski definition) is 7. The summed E-state index contributed by atoms with van der Waals surface area (Å²) in [7, 11) is 3.25. The van der Waals surface area contributed by atoms with Crippen molar-refractivity contribution in [2.75, 3.05) is 27.4 Å². The molecule has 224 valence electrons. The maximum Gasteiger partial charge on any atom is 0.407 e. The van der Waals surface area contributed by atoms with E-state index in [-0.39, 0.29) is 24.2 Å². The first kappa shape index (κ1) is 34.5. The van der Waals surface area contributed by atoms with Crippen LogP contribution in [-0.2, 0) is 20.7 Å². The standard InChI is InChI=1S/C30H51NO8/c1-19(2)22(15-21-11-12-26(37-9)27(16-21)38-14-10-13-36-8)17-24(31-29(35)39-30(5,6)7)25(32)18-23(20(3)4)28(33)34/h11-12,16,19-20,22-25,32H,10,13-15,17-18H2,1-9H3,(H,31,35)(H,33,34)/t22-,23-,24-,25?/m0/s1. The van der Waals surface area contributed by atoms with Crippen LogP contribution in [0, 0.1) is 23.7 Å². The van der Waals surface area contributed by atoms with Crippen molar-refractivity contribution >= 4 is 12.1 Å². The van der Waals surface area contributed by atoms with Gasteiger partial charge in [-0.15, -0.1) is 0 Å². The van der Waals surface area contributed by atoms with Crippen LogP contribution in [0.2, 0.25) is 0 Å². The minimum Gasteiger partial charge on any atom is -0.493 e. The van der Waals surface area contributed by atoms with Crippen LogP contribution in [0.4, 0.5) is 4.79 Å². The van der Waals surface area contributed by atoms with Gasteiger partial charge < -0.3 is 34.5 Å². The molecule has 39 heavy (non-hydrogen) atoms. The van der Waals surface area contributed by atoms with E-state index in [1.54, 1.807) is 35.0 Å².